The number of nitrogens with zero attached hydrogens (tertiary/aromatic N) is 1. The summed E-state index contributed by atoms with van der Waals surface area (Å²) in [6, 6.07) is 16.2. The Balaban J connectivity index is 1.94. The summed E-state index contributed by atoms with van der Waals surface area (Å²) >= 11 is 11.9. The second kappa shape index (κ2) is 9.79. The van der Waals surface area contributed by atoms with E-state index < -0.39 is 22.6 Å². The first-order chi connectivity index (χ1) is 15.1. The monoisotopic (exact) mass is 494 g/mol. The number of halogens is 2. The van der Waals surface area contributed by atoms with Crippen LogP contribution in [0.25, 0.3) is 11.1 Å². The van der Waals surface area contributed by atoms with Crippen molar-refractivity contribution in [1.29, 1.82) is 0 Å². The first-order valence-corrected chi connectivity index (χ1v) is 11.5. The molecule has 0 fully saturated rings. The Hall–Kier alpha value is -2.78. The zero-order valence-corrected chi connectivity index (χ0v) is 19.3. The van der Waals surface area contributed by atoms with Gasteiger partial charge in [-0.2, -0.15) is 4.31 Å². The van der Waals surface area contributed by atoms with E-state index in [1.165, 1.54) is 29.6 Å². The predicted molar refractivity (Wildman–Crippen MR) is 125 cm³/mol. The molecule has 0 saturated carbocycles. The summed E-state index contributed by atoms with van der Waals surface area (Å²) in [5.41, 5.74) is 8.38. The van der Waals surface area contributed by atoms with Crippen LogP contribution in [0.3, 0.4) is 0 Å². The first kappa shape index (κ1) is 23.9. The van der Waals surface area contributed by atoms with E-state index in [0.29, 0.717) is 28.1 Å². The largest absolute Gasteiger partial charge is 0.481 e. The number of carboxylic acids is 1. The second-order valence-electron chi connectivity index (χ2n) is 6.98. The van der Waals surface area contributed by atoms with Gasteiger partial charge in [0, 0.05) is 24.8 Å². The van der Waals surface area contributed by atoms with E-state index in [0.717, 1.165) is 0 Å². The van der Waals surface area contributed by atoms with Crippen LogP contribution < -0.4 is 10.5 Å². The quantitative estimate of drug-likeness (QED) is 0.445. The summed E-state index contributed by atoms with van der Waals surface area (Å²) in [6.07, 6.45) is 0. The van der Waals surface area contributed by atoms with Crippen LogP contribution in [0.15, 0.2) is 65.6 Å². The molecule has 0 unspecified atom stereocenters. The molecule has 168 valence electrons. The SMILES string of the molecule is CN(Cc1ccc(OCC(=O)O)c(-c2cccc(N)c2)c1)S(=O)(=O)c1ccc(Cl)c(Cl)c1. The normalized spacial score (nSPS) is 11.5. The molecule has 0 radical (unpaired) electrons. The number of hydrogen-bond donors (Lipinski definition) is 2. The number of nitrogen functional groups attached to an aromatic ring is 1. The molecule has 3 rings (SSSR count). The molecule has 0 atom stereocenters. The Morgan fingerprint density at radius 3 is 2.47 bits per heavy atom. The minimum atomic E-state index is -3.83. The average molecular weight is 495 g/mol. The van der Waals surface area contributed by atoms with Crippen molar-refractivity contribution >= 4 is 44.9 Å². The number of ether oxygens (including phenoxy) is 1. The molecule has 3 aromatic carbocycles. The maximum absolute atomic E-state index is 13.0. The Kier molecular flexibility index (Phi) is 7.30. The van der Waals surface area contributed by atoms with Crippen molar-refractivity contribution in [2.45, 2.75) is 11.4 Å². The number of anilines is 1. The summed E-state index contributed by atoms with van der Waals surface area (Å²) in [5, 5.41) is 9.36. The van der Waals surface area contributed by atoms with Gasteiger partial charge in [0.05, 0.1) is 14.9 Å². The second-order valence-corrected chi connectivity index (χ2v) is 9.83. The zero-order valence-electron chi connectivity index (χ0n) is 17.0. The van der Waals surface area contributed by atoms with Crippen molar-refractivity contribution in [2.24, 2.45) is 0 Å². The number of nitrogens with two attached hydrogens (primary N) is 1. The maximum Gasteiger partial charge on any atom is 0.341 e. The van der Waals surface area contributed by atoms with E-state index in [4.69, 9.17) is 38.8 Å². The van der Waals surface area contributed by atoms with Gasteiger partial charge in [-0.15, -0.1) is 0 Å². The smallest absolute Gasteiger partial charge is 0.341 e. The topological polar surface area (TPSA) is 110 Å². The Bertz CT molecular complexity index is 1260. The Morgan fingerprint density at radius 2 is 1.81 bits per heavy atom. The van der Waals surface area contributed by atoms with Crippen molar-refractivity contribution in [3.8, 4) is 16.9 Å². The minimum absolute atomic E-state index is 0.0202. The molecule has 10 heteroatoms. The summed E-state index contributed by atoms with van der Waals surface area (Å²) < 4.78 is 32.5. The van der Waals surface area contributed by atoms with Crippen molar-refractivity contribution in [2.75, 3.05) is 19.4 Å². The highest BCUT2D eigenvalue weighted by molar-refractivity contribution is 7.89. The molecular weight excluding hydrogens is 475 g/mol. The first-order valence-electron chi connectivity index (χ1n) is 9.33. The van der Waals surface area contributed by atoms with E-state index in [1.807, 2.05) is 0 Å². The highest BCUT2D eigenvalue weighted by atomic mass is 35.5. The van der Waals surface area contributed by atoms with Crippen LogP contribution in [-0.2, 0) is 21.4 Å². The lowest BCUT2D eigenvalue weighted by molar-refractivity contribution is -0.139. The van der Waals surface area contributed by atoms with E-state index in [2.05, 4.69) is 0 Å². The number of hydrogen-bond acceptors (Lipinski definition) is 5. The van der Waals surface area contributed by atoms with Crippen LogP contribution in [-0.4, -0.2) is 37.5 Å². The molecule has 7 nitrogen and oxygen atoms in total. The molecule has 0 aromatic heterocycles. The van der Waals surface area contributed by atoms with Gasteiger partial charge in [0.15, 0.2) is 6.61 Å². The Labute approximate surface area is 196 Å². The predicted octanol–water partition coefficient (Wildman–Crippen LogP) is 4.53. The summed E-state index contributed by atoms with van der Waals surface area (Å²) in [4.78, 5) is 11.0. The van der Waals surface area contributed by atoms with Crippen LogP contribution >= 0.6 is 23.2 Å². The standard InChI is InChI=1S/C22H20Cl2N2O5S/c1-26(32(29,30)17-6-7-19(23)20(24)11-17)12-14-5-8-21(31-13-22(27)28)18(9-14)15-3-2-4-16(25)10-15/h2-11H,12-13,25H2,1H3,(H,27,28). The molecule has 0 bridgehead atoms. The molecule has 0 aliphatic heterocycles. The highest BCUT2D eigenvalue weighted by Crippen LogP contribution is 2.33. The minimum Gasteiger partial charge on any atom is -0.481 e. The molecule has 0 aliphatic carbocycles. The van der Waals surface area contributed by atoms with Crippen LogP contribution in [0.2, 0.25) is 10.0 Å². The molecule has 0 saturated heterocycles. The van der Waals surface area contributed by atoms with Gasteiger partial charge < -0.3 is 15.6 Å². The molecule has 32 heavy (non-hydrogen) atoms. The Morgan fingerprint density at radius 1 is 1.06 bits per heavy atom. The van der Waals surface area contributed by atoms with Crippen molar-refractivity contribution in [3.05, 3.63) is 76.3 Å². The average Bonchev–Trinajstić information content (AvgIpc) is 2.74. The van der Waals surface area contributed by atoms with Gasteiger partial charge in [0.25, 0.3) is 0 Å². The van der Waals surface area contributed by atoms with Gasteiger partial charge in [0.1, 0.15) is 5.75 Å². The molecule has 3 aromatic rings. The van der Waals surface area contributed by atoms with E-state index in [9.17, 15) is 13.2 Å². The van der Waals surface area contributed by atoms with Gasteiger partial charge in [-0.1, -0.05) is 41.4 Å². The number of aliphatic carboxylic acids is 1. The summed E-state index contributed by atoms with van der Waals surface area (Å²) in [5.74, 6) is -0.767. The number of benzene rings is 3. The number of carboxylic acid groups (broad SMARTS) is 1. The van der Waals surface area contributed by atoms with Gasteiger partial charge in [-0.3, -0.25) is 0 Å². The highest BCUT2D eigenvalue weighted by Gasteiger charge is 2.22. The lowest BCUT2D eigenvalue weighted by atomic mass is 10.0. The maximum atomic E-state index is 13.0. The number of rotatable bonds is 8. The molecule has 3 N–H and O–H groups in total. The molecule has 0 aliphatic rings. The molecule has 0 heterocycles. The van der Waals surface area contributed by atoms with E-state index >= 15 is 0 Å². The fraction of sp³-hybridized carbons (Fsp3) is 0.136. The zero-order chi connectivity index (χ0) is 23.5. The molecule has 0 amide bonds. The van der Waals surface area contributed by atoms with Gasteiger partial charge in [-0.25, -0.2) is 13.2 Å². The lowest BCUT2D eigenvalue weighted by Gasteiger charge is -2.19. The van der Waals surface area contributed by atoms with Crippen LogP contribution in [0.1, 0.15) is 5.56 Å². The third-order valence-corrected chi connectivity index (χ3v) is 7.14. The van der Waals surface area contributed by atoms with Crippen molar-refractivity contribution < 1.29 is 23.1 Å². The van der Waals surface area contributed by atoms with Gasteiger partial charge in [-0.05, 0) is 53.6 Å². The van der Waals surface area contributed by atoms with Crippen LogP contribution in [0.4, 0.5) is 5.69 Å². The van der Waals surface area contributed by atoms with Crippen molar-refractivity contribution in [1.82, 2.24) is 4.31 Å². The van der Waals surface area contributed by atoms with E-state index in [1.54, 1.807) is 42.5 Å². The molecule has 0 spiro atoms. The number of sulfonamides is 1. The third-order valence-electron chi connectivity index (χ3n) is 4.60. The fourth-order valence-electron chi connectivity index (χ4n) is 3.03. The van der Waals surface area contributed by atoms with Crippen LogP contribution in [0, 0.1) is 0 Å². The lowest BCUT2D eigenvalue weighted by Crippen LogP contribution is -2.26. The summed E-state index contributed by atoms with van der Waals surface area (Å²) in [7, 11) is -2.38. The van der Waals surface area contributed by atoms with Crippen LogP contribution in [0.5, 0.6) is 5.75 Å². The van der Waals surface area contributed by atoms with Gasteiger partial charge in [0.2, 0.25) is 10.0 Å². The molecular formula is C22H20Cl2N2O5S. The van der Waals surface area contributed by atoms with Crippen molar-refractivity contribution in [3.63, 3.8) is 0 Å². The van der Waals surface area contributed by atoms with Gasteiger partial charge >= 0.3 is 5.97 Å². The van der Waals surface area contributed by atoms with E-state index in [-0.39, 0.29) is 21.5 Å². The third kappa shape index (κ3) is 5.52. The summed E-state index contributed by atoms with van der Waals surface area (Å²) in [6.45, 7) is -0.461. The fourth-order valence-corrected chi connectivity index (χ4v) is 4.58. The number of carbonyl (C=O) groups is 1.